The van der Waals surface area contributed by atoms with Gasteiger partial charge in [-0.25, -0.2) is 8.42 Å². The van der Waals surface area contributed by atoms with E-state index in [1.54, 1.807) is 0 Å². The number of alkyl halides is 3. The largest absolute Gasteiger partial charge is 0.417 e. The number of hydrogen-bond donors (Lipinski definition) is 1. The second-order valence-corrected chi connectivity index (χ2v) is 8.49. The minimum atomic E-state index is -4.79. The topological polar surface area (TPSA) is 52.7 Å². The van der Waals surface area contributed by atoms with E-state index in [2.05, 4.69) is 10.2 Å². The zero-order valence-electron chi connectivity index (χ0n) is 13.4. The van der Waals surface area contributed by atoms with Gasteiger partial charge in [0.15, 0.2) is 0 Å². The first kappa shape index (κ1) is 18.9. The SMILES string of the molecule is O=S(=O)(c1c(Cl)cccc1C(F)(F)F)N1CCC(N2CCNCC2)C1. The highest BCUT2D eigenvalue weighted by Gasteiger charge is 2.43. The van der Waals surface area contributed by atoms with Crippen molar-refractivity contribution in [2.45, 2.75) is 23.5 Å². The number of hydrogen-bond acceptors (Lipinski definition) is 4. The van der Waals surface area contributed by atoms with Crippen molar-refractivity contribution in [1.29, 1.82) is 0 Å². The molecule has 10 heteroatoms. The van der Waals surface area contributed by atoms with E-state index in [-0.39, 0.29) is 19.1 Å². The Kier molecular flexibility index (Phi) is 5.32. The lowest BCUT2D eigenvalue weighted by Crippen LogP contribution is -2.49. The minimum Gasteiger partial charge on any atom is -0.314 e. The standard InChI is InChI=1S/C15H19ClF3N3O2S/c16-13-3-1-2-12(15(17,18)19)14(13)25(23,24)22-7-4-11(10-22)21-8-5-20-6-9-21/h1-3,11,20H,4-10H2. The van der Waals surface area contributed by atoms with Crippen molar-refractivity contribution in [2.24, 2.45) is 0 Å². The Balaban J connectivity index is 1.88. The van der Waals surface area contributed by atoms with Crippen molar-refractivity contribution < 1.29 is 21.6 Å². The fraction of sp³-hybridized carbons (Fsp3) is 0.600. The van der Waals surface area contributed by atoms with E-state index in [0.29, 0.717) is 6.42 Å². The van der Waals surface area contributed by atoms with Crippen LogP contribution >= 0.6 is 11.6 Å². The second-order valence-electron chi connectivity index (χ2n) is 6.21. The molecular formula is C15H19ClF3N3O2S. The van der Waals surface area contributed by atoms with E-state index in [1.807, 2.05) is 0 Å². The Morgan fingerprint density at radius 3 is 2.48 bits per heavy atom. The number of benzene rings is 1. The molecule has 0 saturated carbocycles. The third-order valence-electron chi connectivity index (χ3n) is 4.66. The van der Waals surface area contributed by atoms with Crippen molar-refractivity contribution in [3.63, 3.8) is 0 Å². The third kappa shape index (κ3) is 3.80. The van der Waals surface area contributed by atoms with E-state index < -0.39 is 31.7 Å². The third-order valence-corrected chi connectivity index (χ3v) is 7.06. The molecule has 140 valence electrons. The van der Waals surface area contributed by atoms with Gasteiger partial charge in [0.05, 0.1) is 10.6 Å². The number of nitrogens with one attached hydrogen (secondary N) is 1. The quantitative estimate of drug-likeness (QED) is 0.848. The van der Waals surface area contributed by atoms with Crippen LogP contribution in [0.5, 0.6) is 0 Å². The van der Waals surface area contributed by atoms with Crippen LogP contribution in [0.2, 0.25) is 5.02 Å². The molecule has 0 spiro atoms. The first-order valence-electron chi connectivity index (χ1n) is 8.02. The van der Waals surface area contributed by atoms with Gasteiger partial charge in [-0.2, -0.15) is 17.5 Å². The normalized spacial score (nSPS) is 23.9. The number of sulfonamides is 1. The monoisotopic (exact) mass is 397 g/mol. The van der Waals surface area contributed by atoms with Crippen molar-refractivity contribution in [3.8, 4) is 0 Å². The Morgan fingerprint density at radius 1 is 1.16 bits per heavy atom. The lowest BCUT2D eigenvalue weighted by Gasteiger charge is -2.32. The lowest BCUT2D eigenvalue weighted by atomic mass is 10.2. The highest BCUT2D eigenvalue weighted by atomic mass is 35.5. The van der Waals surface area contributed by atoms with E-state index in [4.69, 9.17) is 11.6 Å². The van der Waals surface area contributed by atoms with Crippen LogP contribution in [0, 0.1) is 0 Å². The fourth-order valence-electron chi connectivity index (χ4n) is 3.40. The molecule has 2 saturated heterocycles. The van der Waals surface area contributed by atoms with E-state index in [1.165, 1.54) is 6.07 Å². The first-order chi connectivity index (χ1) is 11.7. The molecule has 25 heavy (non-hydrogen) atoms. The molecule has 2 aliphatic heterocycles. The van der Waals surface area contributed by atoms with Crippen LogP contribution < -0.4 is 5.32 Å². The van der Waals surface area contributed by atoms with Crippen LogP contribution in [0.3, 0.4) is 0 Å². The second kappa shape index (κ2) is 7.03. The van der Waals surface area contributed by atoms with Crippen molar-refractivity contribution in [3.05, 3.63) is 28.8 Å². The molecule has 0 radical (unpaired) electrons. The summed E-state index contributed by atoms with van der Waals surface area (Å²) in [5.41, 5.74) is -1.22. The molecule has 2 aliphatic rings. The highest BCUT2D eigenvalue weighted by molar-refractivity contribution is 7.89. The van der Waals surface area contributed by atoms with Gasteiger partial charge >= 0.3 is 6.18 Å². The molecule has 3 rings (SSSR count). The number of halogens is 4. The predicted molar refractivity (Wildman–Crippen MR) is 88.1 cm³/mol. The van der Waals surface area contributed by atoms with Gasteiger partial charge in [0.25, 0.3) is 0 Å². The summed E-state index contributed by atoms with van der Waals surface area (Å²) in [5, 5.41) is 2.82. The minimum absolute atomic E-state index is 0.0219. The van der Waals surface area contributed by atoms with Crippen LogP contribution in [-0.2, 0) is 16.2 Å². The molecule has 1 atom stereocenters. The van der Waals surface area contributed by atoms with Gasteiger partial charge in [-0.1, -0.05) is 17.7 Å². The van der Waals surface area contributed by atoms with Crippen LogP contribution in [0.25, 0.3) is 0 Å². The average Bonchev–Trinajstić information content (AvgIpc) is 3.05. The van der Waals surface area contributed by atoms with E-state index in [9.17, 15) is 21.6 Å². The molecule has 1 aromatic carbocycles. The molecule has 0 bridgehead atoms. The number of piperazine rings is 1. The highest BCUT2D eigenvalue weighted by Crippen LogP contribution is 2.39. The van der Waals surface area contributed by atoms with Crippen molar-refractivity contribution in [1.82, 2.24) is 14.5 Å². The molecule has 2 fully saturated rings. The van der Waals surface area contributed by atoms with Crippen LogP contribution in [-0.4, -0.2) is 62.9 Å². The van der Waals surface area contributed by atoms with Gasteiger partial charge in [-0.15, -0.1) is 0 Å². The smallest absolute Gasteiger partial charge is 0.314 e. The zero-order chi connectivity index (χ0) is 18.2. The summed E-state index contributed by atoms with van der Waals surface area (Å²) in [7, 11) is -4.32. The van der Waals surface area contributed by atoms with Gasteiger partial charge in [0.1, 0.15) is 4.90 Å². The van der Waals surface area contributed by atoms with Gasteiger partial charge in [-0.3, -0.25) is 4.90 Å². The Labute approximate surface area is 149 Å². The molecule has 0 aliphatic carbocycles. The number of rotatable bonds is 3. The number of nitrogens with zero attached hydrogens (tertiary/aromatic N) is 2. The Hall–Kier alpha value is -0.870. The van der Waals surface area contributed by atoms with Gasteiger partial charge in [0, 0.05) is 45.3 Å². The summed E-state index contributed by atoms with van der Waals surface area (Å²) in [4.78, 5) is 1.34. The lowest BCUT2D eigenvalue weighted by molar-refractivity contribution is -0.139. The molecule has 1 N–H and O–H groups in total. The molecule has 1 unspecified atom stereocenters. The summed E-state index contributed by atoms with van der Waals surface area (Å²) < 4.78 is 66.6. The summed E-state index contributed by atoms with van der Waals surface area (Å²) >= 11 is 5.86. The van der Waals surface area contributed by atoms with E-state index in [0.717, 1.165) is 42.6 Å². The molecule has 5 nitrogen and oxygen atoms in total. The van der Waals surface area contributed by atoms with Gasteiger partial charge in [0.2, 0.25) is 10.0 Å². The first-order valence-corrected chi connectivity index (χ1v) is 9.83. The van der Waals surface area contributed by atoms with Crippen LogP contribution in [0.1, 0.15) is 12.0 Å². The summed E-state index contributed by atoms with van der Waals surface area (Å²) in [5.74, 6) is 0. The summed E-state index contributed by atoms with van der Waals surface area (Å²) in [6.07, 6.45) is -4.18. The maximum atomic E-state index is 13.3. The maximum absolute atomic E-state index is 13.3. The zero-order valence-corrected chi connectivity index (χ0v) is 15.0. The molecule has 0 amide bonds. The molecule has 0 aromatic heterocycles. The maximum Gasteiger partial charge on any atom is 0.417 e. The summed E-state index contributed by atoms with van der Waals surface area (Å²) in [6, 6.07) is 3.06. The van der Waals surface area contributed by atoms with Crippen molar-refractivity contribution in [2.75, 3.05) is 39.3 Å². The fourth-order valence-corrected chi connectivity index (χ4v) is 5.61. The van der Waals surface area contributed by atoms with Crippen molar-refractivity contribution >= 4 is 21.6 Å². The van der Waals surface area contributed by atoms with Gasteiger partial charge < -0.3 is 5.32 Å². The molecule has 1 aromatic rings. The van der Waals surface area contributed by atoms with Gasteiger partial charge in [-0.05, 0) is 18.6 Å². The van der Waals surface area contributed by atoms with E-state index >= 15 is 0 Å². The van der Waals surface area contributed by atoms with Crippen LogP contribution in [0.15, 0.2) is 23.1 Å². The Morgan fingerprint density at radius 2 is 1.84 bits per heavy atom. The molecular weight excluding hydrogens is 379 g/mol. The molecule has 2 heterocycles. The average molecular weight is 398 g/mol. The summed E-state index contributed by atoms with van der Waals surface area (Å²) in [6.45, 7) is 3.64. The van der Waals surface area contributed by atoms with Crippen LogP contribution in [0.4, 0.5) is 13.2 Å². The Bertz CT molecular complexity index is 736. The predicted octanol–water partition coefficient (Wildman–Crippen LogP) is 2.03.